The van der Waals surface area contributed by atoms with Crippen molar-refractivity contribution in [2.75, 3.05) is 44.3 Å². The summed E-state index contributed by atoms with van der Waals surface area (Å²) in [4.78, 5) is 14.4. The summed E-state index contributed by atoms with van der Waals surface area (Å²) >= 11 is 0. The molecule has 1 aliphatic heterocycles. The molecule has 2 N–H and O–H groups in total. The summed E-state index contributed by atoms with van der Waals surface area (Å²) in [5, 5.41) is 3.30. The average Bonchev–Trinajstić information content (AvgIpc) is 2.65. The summed E-state index contributed by atoms with van der Waals surface area (Å²) < 4.78 is 74.2. The monoisotopic (exact) mass is 467 g/mol. The van der Waals surface area contributed by atoms with Crippen molar-refractivity contribution in [3.8, 4) is 5.75 Å². The fourth-order valence-corrected chi connectivity index (χ4v) is 4.14. The lowest BCUT2D eigenvalue weighted by atomic mass is 10.0. The summed E-state index contributed by atoms with van der Waals surface area (Å²) in [6, 6.07) is 3.66. The van der Waals surface area contributed by atoms with Crippen molar-refractivity contribution in [3.63, 3.8) is 0 Å². The van der Waals surface area contributed by atoms with Gasteiger partial charge in [0.25, 0.3) is 5.91 Å². The number of likely N-dealkylation sites (N-methyl/N-ethyl adjacent to an activating group) is 1. The first kappa shape index (κ1) is 25.2. The summed E-state index contributed by atoms with van der Waals surface area (Å²) in [7, 11) is -1.49. The van der Waals surface area contributed by atoms with Crippen LogP contribution in [0.1, 0.15) is 24.2 Å². The van der Waals surface area contributed by atoms with E-state index in [2.05, 4.69) is 5.32 Å². The van der Waals surface area contributed by atoms with Crippen molar-refractivity contribution in [2.24, 2.45) is 5.92 Å². The van der Waals surface area contributed by atoms with Gasteiger partial charge in [-0.25, -0.2) is 8.42 Å². The minimum atomic E-state index is -4.88. The van der Waals surface area contributed by atoms with E-state index in [1.54, 1.807) is 14.2 Å². The van der Waals surface area contributed by atoms with E-state index >= 15 is 0 Å². The maximum atomic E-state index is 13.0. The van der Waals surface area contributed by atoms with Crippen LogP contribution in [0.4, 0.5) is 18.9 Å². The molecule has 0 bridgehead atoms. The normalized spacial score (nSPS) is 23.9. The second-order valence-electron chi connectivity index (χ2n) is 7.74. The molecule has 31 heavy (non-hydrogen) atoms. The Balaban J connectivity index is 2.35. The fourth-order valence-electron chi connectivity index (χ4n) is 3.15. The number of carbonyl (C=O) groups is 1. The molecule has 1 heterocycles. The third kappa shape index (κ3) is 7.54. The van der Waals surface area contributed by atoms with Crippen molar-refractivity contribution >= 4 is 21.6 Å². The third-order valence-electron chi connectivity index (χ3n) is 4.85. The van der Waals surface area contributed by atoms with E-state index in [1.165, 1.54) is 23.1 Å². The molecule has 0 saturated carbocycles. The van der Waals surface area contributed by atoms with E-state index < -0.39 is 22.0 Å². The van der Waals surface area contributed by atoms with Crippen LogP contribution < -0.4 is 14.8 Å². The van der Waals surface area contributed by atoms with E-state index in [1.807, 2.05) is 18.6 Å². The predicted octanol–water partition coefficient (Wildman–Crippen LogP) is 2.08. The van der Waals surface area contributed by atoms with Crippen molar-refractivity contribution in [2.45, 2.75) is 32.2 Å². The first-order valence-electron chi connectivity index (χ1n) is 9.67. The molecule has 0 aliphatic carbocycles. The second-order valence-corrected chi connectivity index (χ2v) is 9.47. The Bertz CT molecular complexity index is 879. The van der Waals surface area contributed by atoms with Crippen molar-refractivity contribution in [1.82, 2.24) is 10.2 Å². The molecule has 3 atom stereocenters. The van der Waals surface area contributed by atoms with Gasteiger partial charge in [0.2, 0.25) is 10.0 Å². The molecule has 0 radical (unpaired) electrons. The van der Waals surface area contributed by atoms with Gasteiger partial charge in [-0.3, -0.25) is 9.52 Å². The molecule has 1 aromatic carbocycles. The lowest BCUT2D eigenvalue weighted by molar-refractivity contribution is -0.106. The number of hydrogen-bond donors (Lipinski definition) is 2. The number of carbonyl (C=O) groups excluding carboxylic acids is 1. The van der Waals surface area contributed by atoms with Gasteiger partial charge in [0.15, 0.2) is 5.75 Å². The van der Waals surface area contributed by atoms with Crippen molar-refractivity contribution in [1.29, 1.82) is 0 Å². The molecular formula is C19H28F3N3O5S. The Hall–Kier alpha value is -2.05. The van der Waals surface area contributed by atoms with Crippen LogP contribution in [0.5, 0.6) is 5.75 Å². The van der Waals surface area contributed by atoms with Crippen molar-refractivity contribution < 1.29 is 35.9 Å². The highest BCUT2D eigenvalue weighted by atomic mass is 32.2. The summed E-state index contributed by atoms with van der Waals surface area (Å²) in [6.07, 6.45) is -5.10. The topological polar surface area (TPSA) is 97.0 Å². The standard InChI is InChI=1S/C19H28F3N3O5S/c1-12-8-23-13(2)10-30-16-7-14(24-31(27,28)11-19(20,21)22)5-6-15(16)18(26)25(3)9-17(12)29-4/h5-7,12-13,17,23-24H,8-11H2,1-4H3/t12-,13-,17+/m1/s1. The van der Waals surface area contributed by atoms with Gasteiger partial charge in [-0.15, -0.1) is 0 Å². The number of hydrogen-bond acceptors (Lipinski definition) is 6. The molecule has 8 nitrogen and oxygen atoms in total. The molecule has 0 spiro atoms. The zero-order valence-corrected chi connectivity index (χ0v) is 18.6. The van der Waals surface area contributed by atoms with Crippen molar-refractivity contribution in [3.05, 3.63) is 23.8 Å². The predicted molar refractivity (Wildman–Crippen MR) is 110 cm³/mol. The number of alkyl halides is 3. The summed E-state index contributed by atoms with van der Waals surface area (Å²) in [5.74, 6) is -2.21. The zero-order valence-electron chi connectivity index (χ0n) is 17.8. The van der Waals surface area contributed by atoms with Crippen LogP contribution >= 0.6 is 0 Å². The molecule has 1 aliphatic rings. The van der Waals surface area contributed by atoms with Gasteiger partial charge in [0.05, 0.1) is 17.4 Å². The van der Waals surface area contributed by atoms with E-state index in [-0.39, 0.29) is 47.6 Å². The van der Waals surface area contributed by atoms with Gasteiger partial charge in [0.1, 0.15) is 12.4 Å². The molecule has 0 aromatic heterocycles. The maximum absolute atomic E-state index is 13.0. The number of methoxy groups -OCH3 is 1. The van der Waals surface area contributed by atoms with E-state index in [4.69, 9.17) is 9.47 Å². The first-order valence-corrected chi connectivity index (χ1v) is 11.3. The number of nitrogens with one attached hydrogen (secondary N) is 2. The fraction of sp³-hybridized carbons (Fsp3) is 0.632. The molecule has 1 amide bonds. The van der Waals surface area contributed by atoms with Gasteiger partial charge in [-0.05, 0) is 25.0 Å². The third-order valence-corrected chi connectivity index (χ3v) is 6.11. The summed E-state index contributed by atoms with van der Waals surface area (Å²) in [5.41, 5.74) is 0.0334. The SMILES string of the molecule is CO[C@H]1CN(C)C(=O)c2ccc(NS(=O)(=O)CC(F)(F)F)cc2OC[C@@H](C)NC[C@H]1C. The van der Waals surface area contributed by atoms with Crippen LogP contribution in [0, 0.1) is 5.92 Å². The number of anilines is 1. The molecule has 0 saturated heterocycles. The van der Waals surface area contributed by atoms with Gasteiger partial charge in [-0.2, -0.15) is 13.2 Å². The number of fused-ring (bicyclic) bond motifs is 1. The number of amides is 1. The van der Waals surface area contributed by atoms with Gasteiger partial charge in [-0.1, -0.05) is 6.92 Å². The Labute approximate surface area is 180 Å². The highest BCUT2D eigenvalue weighted by Gasteiger charge is 2.35. The van der Waals surface area contributed by atoms with E-state index in [0.29, 0.717) is 13.1 Å². The number of sulfonamides is 1. The number of halogens is 3. The van der Waals surface area contributed by atoms with Crippen LogP contribution in [0.3, 0.4) is 0 Å². The van der Waals surface area contributed by atoms with E-state index in [9.17, 15) is 26.4 Å². The first-order chi connectivity index (χ1) is 14.3. The van der Waals surface area contributed by atoms with Crippen LogP contribution in [0.25, 0.3) is 0 Å². The lowest BCUT2D eigenvalue weighted by Crippen LogP contribution is -2.44. The van der Waals surface area contributed by atoms with Crippen LogP contribution in [0.15, 0.2) is 18.2 Å². The largest absolute Gasteiger partial charge is 0.491 e. The number of ether oxygens (including phenoxy) is 2. The number of nitrogens with zero attached hydrogens (tertiary/aromatic N) is 1. The molecule has 12 heteroatoms. The van der Waals surface area contributed by atoms with Crippen LogP contribution in [-0.4, -0.2) is 77.2 Å². The maximum Gasteiger partial charge on any atom is 0.404 e. The van der Waals surface area contributed by atoms with Crippen LogP contribution in [-0.2, 0) is 14.8 Å². The Kier molecular flexibility index (Phi) is 8.17. The highest BCUT2D eigenvalue weighted by molar-refractivity contribution is 7.92. The number of rotatable bonds is 4. The molecule has 2 rings (SSSR count). The van der Waals surface area contributed by atoms with Gasteiger partial charge < -0.3 is 19.7 Å². The highest BCUT2D eigenvalue weighted by Crippen LogP contribution is 2.27. The van der Waals surface area contributed by atoms with Gasteiger partial charge >= 0.3 is 6.18 Å². The zero-order chi connectivity index (χ0) is 23.4. The number of benzene rings is 1. The quantitative estimate of drug-likeness (QED) is 0.704. The second kappa shape index (κ2) is 10.0. The molecular weight excluding hydrogens is 439 g/mol. The minimum Gasteiger partial charge on any atom is -0.491 e. The molecule has 176 valence electrons. The van der Waals surface area contributed by atoms with Gasteiger partial charge in [0, 0.05) is 39.4 Å². The Morgan fingerprint density at radius 2 is 2.00 bits per heavy atom. The molecule has 1 aromatic rings. The Morgan fingerprint density at radius 1 is 1.32 bits per heavy atom. The van der Waals surface area contributed by atoms with Crippen LogP contribution in [0.2, 0.25) is 0 Å². The smallest absolute Gasteiger partial charge is 0.404 e. The average molecular weight is 468 g/mol. The lowest BCUT2D eigenvalue weighted by Gasteiger charge is -2.30. The molecule has 0 fully saturated rings. The Morgan fingerprint density at radius 3 is 2.61 bits per heavy atom. The molecule has 0 unspecified atom stereocenters. The minimum absolute atomic E-state index is 0.0697. The van der Waals surface area contributed by atoms with E-state index in [0.717, 1.165) is 0 Å². The summed E-state index contributed by atoms with van der Waals surface area (Å²) in [6.45, 7) is 4.98.